The Kier molecular flexibility index (Phi) is 7.28. The molecule has 0 spiro atoms. The van der Waals surface area contributed by atoms with Crippen LogP contribution in [0.25, 0.3) is 21.6 Å². The summed E-state index contributed by atoms with van der Waals surface area (Å²) >= 11 is 1.37. The average Bonchev–Trinajstić information content (AvgIpc) is 3.27. The summed E-state index contributed by atoms with van der Waals surface area (Å²) in [5, 5.41) is 0.754. The molecular weight excluding hydrogens is 460 g/mol. The average molecular weight is 486 g/mol. The van der Waals surface area contributed by atoms with Crippen LogP contribution in [-0.4, -0.2) is 40.2 Å². The first-order valence-electron chi connectivity index (χ1n) is 10.9. The number of benzene rings is 1. The molecule has 178 valence electrons. The van der Waals surface area contributed by atoms with Crippen molar-refractivity contribution in [1.82, 2.24) is 19.5 Å². The predicted molar refractivity (Wildman–Crippen MR) is 129 cm³/mol. The van der Waals surface area contributed by atoms with Crippen molar-refractivity contribution >= 4 is 26.8 Å². The van der Waals surface area contributed by atoms with E-state index in [0.29, 0.717) is 16.0 Å². The zero-order valence-corrected chi connectivity index (χ0v) is 20.0. The maximum atomic E-state index is 13.9. The van der Waals surface area contributed by atoms with E-state index in [4.69, 9.17) is 4.74 Å². The number of nitrogens with zero attached hydrogens (tertiary/aromatic N) is 5. The van der Waals surface area contributed by atoms with Crippen molar-refractivity contribution < 1.29 is 13.5 Å². The fourth-order valence-electron chi connectivity index (χ4n) is 3.62. The van der Waals surface area contributed by atoms with Crippen molar-refractivity contribution in [3.63, 3.8) is 0 Å². The second kappa shape index (κ2) is 10.4. The molecule has 1 aromatic carbocycles. The van der Waals surface area contributed by atoms with Crippen molar-refractivity contribution in [3.05, 3.63) is 70.4 Å². The van der Waals surface area contributed by atoms with Crippen LogP contribution in [0.2, 0.25) is 0 Å². The SMILES string of the molecule is CN(C)c1nc2ncnc(-c3ccc(F)cc3F)c2s1.Cn1cc([C@@H]2CCCCO2)ccc1=O. The molecule has 10 heteroatoms. The molecule has 7 nitrogen and oxygen atoms in total. The van der Waals surface area contributed by atoms with Gasteiger partial charge in [0.25, 0.3) is 0 Å². The van der Waals surface area contributed by atoms with Gasteiger partial charge in [-0.05, 0) is 43.0 Å². The normalized spacial score (nSPS) is 15.6. The summed E-state index contributed by atoms with van der Waals surface area (Å²) in [6.45, 7) is 0.841. The highest BCUT2D eigenvalue weighted by molar-refractivity contribution is 7.22. The van der Waals surface area contributed by atoms with Gasteiger partial charge in [-0.15, -0.1) is 0 Å². The van der Waals surface area contributed by atoms with Crippen LogP contribution in [-0.2, 0) is 11.8 Å². The first-order valence-corrected chi connectivity index (χ1v) is 11.7. The summed E-state index contributed by atoms with van der Waals surface area (Å²) in [5.74, 6) is -1.26. The van der Waals surface area contributed by atoms with Crippen molar-refractivity contribution in [3.8, 4) is 11.3 Å². The molecule has 0 N–H and O–H groups in total. The standard InChI is InChI=1S/C13H10F2N4S.C11H15NO2/c1-19(2)13-18-12-11(20-13)10(16-6-17-12)8-4-3-7(14)5-9(8)15;1-12-8-9(5-6-11(12)13)10-4-2-3-7-14-10/h3-6H,1-2H3;5-6,8,10H,2-4,7H2,1H3/t;10-/m.0/s1. The molecule has 4 heterocycles. The lowest BCUT2D eigenvalue weighted by Gasteiger charge is -2.22. The predicted octanol–water partition coefficient (Wildman–Crippen LogP) is 4.72. The van der Waals surface area contributed by atoms with Gasteiger partial charge < -0.3 is 14.2 Å². The molecular formula is C24H25F2N5O2S. The number of ether oxygens (including phenoxy) is 1. The van der Waals surface area contributed by atoms with Crippen LogP contribution in [0.1, 0.15) is 30.9 Å². The Hall–Kier alpha value is -3.24. The van der Waals surface area contributed by atoms with E-state index in [1.54, 1.807) is 17.7 Å². The molecule has 0 radical (unpaired) electrons. The topological polar surface area (TPSA) is 73.1 Å². The van der Waals surface area contributed by atoms with Crippen LogP contribution < -0.4 is 10.5 Å². The van der Waals surface area contributed by atoms with E-state index < -0.39 is 11.6 Å². The van der Waals surface area contributed by atoms with Crippen molar-refractivity contribution in [2.45, 2.75) is 25.4 Å². The van der Waals surface area contributed by atoms with E-state index in [9.17, 15) is 13.6 Å². The maximum absolute atomic E-state index is 13.9. The van der Waals surface area contributed by atoms with E-state index in [-0.39, 0.29) is 17.2 Å². The molecule has 0 aliphatic carbocycles. The third-order valence-corrected chi connectivity index (χ3v) is 6.63. The molecule has 34 heavy (non-hydrogen) atoms. The number of aromatic nitrogens is 4. The van der Waals surface area contributed by atoms with Crippen LogP contribution in [0.3, 0.4) is 0 Å². The van der Waals surface area contributed by atoms with E-state index >= 15 is 0 Å². The summed E-state index contributed by atoms with van der Waals surface area (Å²) in [4.78, 5) is 25.6. The van der Waals surface area contributed by atoms with Gasteiger partial charge in [0, 0.05) is 51.6 Å². The van der Waals surface area contributed by atoms with Crippen LogP contribution in [0.15, 0.2) is 47.7 Å². The lowest BCUT2D eigenvalue weighted by Crippen LogP contribution is -2.18. The lowest BCUT2D eigenvalue weighted by molar-refractivity contribution is 0.0146. The Morgan fingerprint density at radius 1 is 1.15 bits per heavy atom. The van der Waals surface area contributed by atoms with E-state index in [2.05, 4.69) is 15.0 Å². The molecule has 0 unspecified atom stereocenters. The van der Waals surface area contributed by atoms with Crippen molar-refractivity contribution in [2.24, 2.45) is 7.05 Å². The van der Waals surface area contributed by atoms with Crippen LogP contribution >= 0.6 is 11.3 Å². The number of pyridine rings is 1. The van der Waals surface area contributed by atoms with Gasteiger partial charge in [-0.3, -0.25) is 4.79 Å². The molecule has 4 aromatic rings. The molecule has 5 rings (SSSR count). The smallest absolute Gasteiger partial charge is 0.250 e. The van der Waals surface area contributed by atoms with Crippen LogP contribution in [0.5, 0.6) is 0 Å². The van der Waals surface area contributed by atoms with Crippen molar-refractivity contribution in [1.29, 1.82) is 0 Å². The zero-order chi connectivity index (χ0) is 24.2. The number of halogens is 2. The third kappa shape index (κ3) is 5.28. The third-order valence-electron chi connectivity index (χ3n) is 5.41. The fraction of sp³-hybridized carbons (Fsp3) is 0.333. The van der Waals surface area contributed by atoms with E-state index in [1.165, 1.54) is 36.2 Å². The summed E-state index contributed by atoms with van der Waals surface area (Å²) in [5.41, 5.74) is 2.33. The highest BCUT2D eigenvalue weighted by Gasteiger charge is 2.17. The van der Waals surface area contributed by atoms with Crippen molar-refractivity contribution in [2.75, 3.05) is 25.6 Å². The van der Waals surface area contributed by atoms with Gasteiger partial charge in [0.05, 0.1) is 11.8 Å². The number of hydrogen-bond acceptors (Lipinski definition) is 7. The molecule has 1 atom stereocenters. The number of fused-ring (bicyclic) bond motifs is 1. The number of thiazole rings is 1. The van der Waals surface area contributed by atoms with Gasteiger partial charge in [-0.1, -0.05) is 11.3 Å². The van der Waals surface area contributed by atoms with Gasteiger partial charge >= 0.3 is 0 Å². The molecule has 0 amide bonds. The van der Waals surface area contributed by atoms with Gasteiger partial charge in [0.15, 0.2) is 10.8 Å². The molecule has 0 bridgehead atoms. The van der Waals surface area contributed by atoms with E-state index in [1.807, 2.05) is 31.3 Å². The minimum Gasteiger partial charge on any atom is -0.373 e. The number of aryl methyl sites for hydroxylation is 1. The Morgan fingerprint density at radius 3 is 2.65 bits per heavy atom. The largest absolute Gasteiger partial charge is 0.373 e. The molecule has 1 saturated heterocycles. The monoisotopic (exact) mass is 485 g/mol. The minimum absolute atomic E-state index is 0.0320. The van der Waals surface area contributed by atoms with Gasteiger partial charge in [0.1, 0.15) is 22.7 Å². The lowest BCUT2D eigenvalue weighted by atomic mass is 10.0. The molecule has 0 saturated carbocycles. The highest BCUT2D eigenvalue weighted by Crippen LogP contribution is 2.34. The second-order valence-electron chi connectivity index (χ2n) is 8.16. The summed E-state index contributed by atoms with van der Waals surface area (Å²) in [7, 11) is 5.50. The zero-order valence-electron chi connectivity index (χ0n) is 19.2. The first kappa shape index (κ1) is 23.9. The summed E-state index contributed by atoms with van der Waals surface area (Å²) in [6.07, 6.45) is 6.84. The number of hydrogen-bond donors (Lipinski definition) is 0. The molecule has 1 aliphatic rings. The minimum atomic E-state index is -0.648. The Morgan fingerprint density at radius 2 is 1.97 bits per heavy atom. The molecule has 1 aliphatic heterocycles. The maximum Gasteiger partial charge on any atom is 0.250 e. The van der Waals surface area contributed by atoms with Crippen LogP contribution in [0, 0.1) is 11.6 Å². The Bertz CT molecular complexity index is 1350. The second-order valence-corrected chi connectivity index (χ2v) is 9.13. The van der Waals surface area contributed by atoms with Crippen LogP contribution in [0.4, 0.5) is 13.9 Å². The first-order chi connectivity index (χ1) is 16.3. The highest BCUT2D eigenvalue weighted by atomic mass is 32.1. The number of anilines is 1. The quantitative estimate of drug-likeness (QED) is 0.418. The van der Waals surface area contributed by atoms with Gasteiger partial charge in [-0.2, -0.15) is 4.98 Å². The molecule has 3 aromatic heterocycles. The van der Waals surface area contributed by atoms with Gasteiger partial charge in [-0.25, -0.2) is 18.7 Å². The Balaban J connectivity index is 0.000000172. The number of rotatable bonds is 3. The fourth-order valence-corrected chi connectivity index (χ4v) is 4.56. The summed E-state index contributed by atoms with van der Waals surface area (Å²) < 4.78 is 34.8. The Labute approximate surface area is 199 Å². The molecule has 1 fully saturated rings. The summed E-state index contributed by atoms with van der Waals surface area (Å²) in [6, 6.07) is 6.91. The van der Waals surface area contributed by atoms with E-state index in [0.717, 1.165) is 36.2 Å². The van der Waals surface area contributed by atoms with Gasteiger partial charge in [0.2, 0.25) is 5.56 Å².